The molecule has 3 N–H and O–H groups in total. The van der Waals surface area contributed by atoms with Gasteiger partial charge in [0.05, 0.1) is 6.10 Å². The largest absolute Gasteiger partial charge is 0.480 e. The van der Waals surface area contributed by atoms with Crippen LogP contribution in [0.2, 0.25) is 0 Å². The van der Waals surface area contributed by atoms with Gasteiger partial charge in [0.1, 0.15) is 6.04 Å². The minimum absolute atomic E-state index is 0.185. The number of carboxylic acid groups (broad SMARTS) is 1. The maximum Gasteiger partial charge on any atom is 0.320 e. The van der Waals surface area contributed by atoms with Gasteiger partial charge in [-0.2, -0.15) is 0 Å². The second-order valence-corrected chi connectivity index (χ2v) is 5.80. The average Bonchev–Trinajstić information content (AvgIpc) is 2.72. The van der Waals surface area contributed by atoms with E-state index in [2.05, 4.69) is 6.07 Å². The molecule has 5 heteroatoms. The first-order chi connectivity index (χ1) is 8.61. The summed E-state index contributed by atoms with van der Waals surface area (Å²) in [5.74, 6) is -0.942. The van der Waals surface area contributed by atoms with Crippen LogP contribution >= 0.6 is 11.3 Å². The molecule has 1 heterocycles. The van der Waals surface area contributed by atoms with Crippen LogP contribution < -0.4 is 5.73 Å². The number of carboxylic acids is 1. The Hall–Kier alpha value is -0.910. The van der Waals surface area contributed by atoms with Gasteiger partial charge in [-0.05, 0) is 37.8 Å². The number of nitrogens with two attached hydrogens (primary N) is 1. The summed E-state index contributed by atoms with van der Waals surface area (Å²) in [5, 5.41) is 8.84. The quantitative estimate of drug-likeness (QED) is 0.858. The molecule has 0 saturated heterocycles. The molecule has 0 aromatic carbocycles. The van der Waals surface area contributed by atoms with Gasteiger partial charge in [0.2, 0.25) is 0 Å². The molecule has 4 nitrogen and oxygen atoms in total. The van der Waals surface area contributed by atoms with Gasteiger partial charge in [-0.1, -0.05) is 0 Å². The first kappa shape index (κ1) is 13.5. The molecule has 100 valence electrons. The van der Waals surface area contributed by atoms with Gasteiger partial charge in [-0.15, -0.1) is 11.3 Å². The fourth-order valence-electron chi connectivity index (χ4n) is 2.35. The van der Waals surface area contributed by atoms with Gasteiger partial charge >= 0.3 is 5.97 Å². The van der Waals surface area contributed by atoms with Crippen LogP contribution in [0.15, 0.2) is 6.07 Å². The molecule has 0 aliphatic heterocycles. The summed E-state index contributed by atoms with van der Waals surface area (Å²) < 4.78 is 5.73. The van der Waals surface area contributed by atoms with E-state index in [0.29, 0.717) is 13.0 Å². The zero-order chi connectivity index (χ0) is 13.1. The number of thiophene rings is 1. The smallest absolute Gasteiger partial charge is 0.320 e. The number of rotatable bonds is 5. The lowest BCUT2D eigenvalue weighted by atomic mass is 9.95. The number of hydrogen-bond acceptors (Lipinski definition) is 4. The molecular formula is C13H19NO3S. The van der Waals surface area contributed by atoms with Crippen molar-refractivity contribution in [3.63, 3.8) is 0 Å². The topological polar surface area (TPSA) is 72.5 Å². The summed E-state index contributed by atoms with van der Waals surface area (Å²) in [7, 11) is 0. The molecule has 18 heavy (non-hydrogen) atoms. The summed E-state index contributed by atoms with van der Waals surface area (Å²) in [5.41, 5.74) is 6.83. The Morgan fingerprint density at radius 2 is 2.50 bits per heavy atom. The van der Waals surface area contributed by atoms with Crippen molar-refractivity contribution in [1.29, 1.82) is 0 Å². The van der Waals surface area contributed by atoms with Crippen LogP contribution in [-0.4, -0.2) is 23.7 Å². The van der Waals surface area contributed by atoms with Crippen LogP contribution in [0.4, 0.5) is 0 Å². The zero-order valence-electron chi connectivity index (χ0n) is 10.5. The van der Waals surface area contributed by atoms with Gasteiger partial charge in [-0.25, -0.2) is 0 Å². The first-order valence-corrected chi connectivity index (χ1v) is 7.15. The van der Waals surface area contributed by atoms with Crippen molar-refractivity contribution >= 4 is 17.3 Å². The average molecular weight is 269 g/mol. The normalized spacial score (nSPS) is 20.4. The molecule has 0 radical (unpaired) electrons. The lowest BCUT2D eigenvalue weighted by Gasteiger charge is -2.22. The molecule has 2 atom stereocenters. The molecule has 2 rings (SSSR count). The van der Waals surface area contributed by atoms with E-state index in [4.69, 9.17) is 15.6 Å². The molecule has 0 saturated carbocycles. The maximum atomic E-state index is 10.8. The Morgan fingerprint density at radius 1 is 1.72 bits per heavy atom. The summed E-state index contributed by atoms with van der Waals surface area (Å²) in [6.07, 6.45) is 3.87. The standard InChI is InChI=1S/C13H19NO3S/c1-2-17-11-4-3-5-12-9(11)6-8(18-12)7-10(14)13(15)16/h6,10-11H,2-5,7,14H2,1H3,(H,15,16). The highest BCUT2D eigenvalue weighted by Gasteiger charge is 2.24. The van der Waals surface area contributed by atoms with Crippen molar-refractivity contribution in [1.82, 2.24) is 0 Å². The van der Waals surface area contributed by atoms with Crippen LogP contribution in [0, 0.1) is 0 Å². The molecule has 2 unspecified atom stereocenters. The second-order valence-electron chi connectivity index (χ2n) is 4.58. The Labute approximate surface area is 111 Å². The molecule has 0 spiro atoms. The Balaban J connectivity index is 2.14. The van der Waals surface area contributed by atoms with Crippen LogP contribution in [0.5, 0.6) is 0 Å². The van der Waals surface area contributed by atoms with E-state index in [1.54, 1.807) is 11.3 Å². The monoisotopic (exact) mass is 269 g/mol. The maximum absolute atomic E-state index is 10.8. The third-order valence-electron chi connectivity index (χ3n) is 3.22. The molecule has 1 aromatic rings. The van der Waals surface area contributed by atoms with Crippen LogP contribution in [0.3, 0.4) is 0 Å². The van der Waals surface area contributed by atoms with Gasteiger partial charge in [0, 0.05) is 22.8 Å². The van der Waals surface area contributed by atoms with Gasteiger partial charge < -0.3 is 15.6 Å². The van der Waals surface area contributed by atoms with E-state index >= 15 is 0 Å². The van der Waals surface area contributed by atoms with Crippen molar-refractivity contribution in [3.8, 4) is 0 Å². The van der Waals surface area contributed by atoms with E-state index in [1.165, 1.54) is 10.4 Å². The molecule has 0 fully saturated rings. The van der Waals surface area contributed by atoms with Crippen molar-refractivity contribution in [2.45, 2.75) is 44.8 Å². The highest BCUT2D eigenvalue weighted by Crippen LogP contribution is 2.38. The highest BCUT2D eigenvalue weighted by molar-refractivity contribution is 7.12. The van der Waals surface area contributed by atoms with Gasteiger partial charge in [0.25, 0.3) is 0 Å². The number of aliphatic carboxylic acids is 1. The van der Waals surface area contributed by atoms with E-state index < -0.39 is 12.0 Å². The molecule has 1 aliphatic carbocycles. The molecular weight excluding hydrogens is 250 g/mol. The molecule has 0 bridgehead atoms. The summed E-state index contributed by atoms with van der Waals surface area (Å²) in [4.78, 5) is 13.2. The second kappa shape index (κ2) is 5.82. The predicted molar refractivity (Wildman–Crippen MR) is 70.9 cm³/mol. The van der Waals surface area contributed by atoms with Gasteiger partial charge in [-0.3, -0.25) is 4.79 Å². The SMILES string of the molecule is CCOC1CCCc2sc(CC(N)C(=O)O)cc21. The Bertz CT molecular complexity index is 430. The minimum Gasteiger partial charge on any atom is -0.480 e. The third-order valence-corrected chi connectivity index (χ3v) is 4.45. The Morgan fingerprint density at radius 3 is 3.17 bits per heavy atom. The van der Waals surface area contributed by atoms with Crippen molar-refractivity contribution in [2.75, 3.05) is 6.61 Å². The summed E-state index contributed by atoms with van der Waals surface area (Å²) >= 11 is 1.69. The van der Waals surface area contributed by atoms with Crippen LogP contribution in [0.1, 0.15) is 41.2 Å². The molecule has 1 aliphatic rings. The lowest BCUT2D eigenvalue weighted by molar-refractivity contribution is -0.138. The molecule has 0 amide bonds. The fourth-order valence-corrected chi connectivity index (χ4v) is 3.67. The van der Waals surface area contributed by atoms with Crippen LogP contribution in [-0.2, 0) is 22.4 Å². The first-order valence-electron chi connectivity index (χ1n) is 6.33. The summed E-state index contributed by atoms with van der Waals surface area (Å²) in [6, 6.07) is 1.28. The third kappa shape index (κ3) is 2.91. The summed E-state index contributed by atoms with van der Waals surface area (Å²) in [6.45, 7) is 2.71. The predicted octanol–water partition coefficient (Wildman–Crippen LogP) is 2.12. The zero-order valence-corrected chi connectivity index (χ0v) is 11.3. The number of hydrogen-bond donors (Lipinski definition) is 2. The molecule has 1 aromatic heterocycles. The van der Waals surface area contributed by atoms with E-state index in [9.17, 15) is 4.79 Å². The number of aryl methyl sites for hydroxylation is 1. The van der Waals surface area contributed by atoms with Crippen molar-refractivity contribution in [3.05, 3.63) is 21.4 Å². The van der Waals surface area contributed by atoms with Gasteiger partial charge in [0.15, 0.2) is 0 Å². The van der Waals surface area contributed by atoms with Crippen molar-refractivity contribution in [2.24, 2.45) is 5.73 Å². The number of ether oxygens (including phenoxy) is 1. The fraction of sp³-hybridized carbons (Fsp3) is 0.615. The van der Waals surface area contributed by atoms with E-state index in [-0.39, 0.29) is 6.10 Å². The lowest BCUT2D eigenvalue weighted by Crippen LogP contribution is -2.31. The van der Waals surface area contributed by atoms with Crippen LogP contribution in [0.25, 0.3) is 0 Å². The minimum atomic E-state index is -0.942. The highest BCUT2D eigenvalue weighted by atomic mass is 32.1. The number of carbonyl (C=O) groups is 1. The van der Waals surface area contributed by atoms with E-state index in [1.807, 2.05) is 6.92 Å². The van der Waals surface area contributed by atoms with E-state index in [0.717, 1.165) is 24.1 Å². The van der Waals surface area contributed by atoms with Crippen molar-refractivity contribution < 1.29 is 14.6 Å². The number of fused-ring (bicyclic) bond motifs is 1. The Kier molecular flexibility index (Phi) is 4.37.